The molecule has 130 valence electrons. The van der Waals surface area contributed by atoms with E-state index in [2.05, 4.69) is 6.92 Å². The second-order valence-corrected chi connectivity index (χ2v) is 6.11. The van der Waals surface area contributed by atoms with Crippen molar-refractivity contribution in [1.29, 1.82) is 0 Å². The fraction of sp³-hybridized carbons (Fsp3) is 0.286. The molecule has 1 atom stereocenters. The van der Waals surface area contributed by atoms with Gasteiger partial charge in [-0.15, -0.1) is 0 Å². The maximum atomic E-state index is 11.3. The molecule has 4 nitrogen and oxygen atoms in total. The summed E-state index contributed by atoms with van der Waals surface area (Å²) in [4.78, 5) is 11.3. The third-order valence-corrected chi connectivity index (χ3v) is 4.19. The van der Waals surface area contributed by atoms with Gasteiger partial charge in [0, 0.05) is 10.9 Å². The van der Waals surface area contributed by atoms with Crippen LogP contribution in [0.25, 0.3) is 22.3 Å². The topological polar surface area (TPSA) is 59.7 Å². The van der Waals surface area contributed by atoms with Crippen LogP contribution in [0, 0.1) is 0 Å². The first-order valence-electron chi connectivity index (χ1n) is 8.66. The number of carboxylic acid groups (broad SMARTS) is 1. The fourth-order valence-corrected chi connectivity index (χ4v) is 2.80. The van der Waals surface area contributed by atoms with E-state index in [4.69, 9.17) is 9.15 Å². The van der Waals surface area contributed by atoms with Gasteiger partial charge in [-0.1, -0.05) is 38.0 Å². The minimum Gasteiger partial charge on any atom is -0.479 e. The quantitative estimate of drug-likeness (QED) is 0.550. The molecule has 0 amide bonds. The lowest BCUT2D eigenvalue weighted by molar-refractivity contribution is -0.145. The van der Waals surface area contributed by atoms with Crippen molar-refractivity contribution >= 4 is 16.9 Å². The number of para-hydroxylation sites is 1. The Hall–Kier alpha value is -2.75. The molecular formula is C21H22O4. The predicted molar refractivity (Wildman–Crippen MR) is 97.8 cm³/mol. The Morgan fingerprint density at radius 1 is 1.12 bits per heavy atom. The van der Waals surface area contributed by atoms with Crippen LogP contribution in [0.2, 0.25) is 0 Å². The van der Waals surface area contributed by atoms with Crippen LogP contribution in [0.4, 0.5) is 0 Å². The van der Waals surface area contributed by atoms with Crippen molar-refractivity contribution in [2.75, 3.05) is 0 Å². The maximum absolute atomic E-state index is 11.3. The monoisotopic (exact) mass is 338 g/mol. The molecule has 1 N–H and O–H groups in total. The Morgan fingerprint density at radius 3 is 2.56 bits per heavy atom. The number of carbonyl (C=O) groups is 1. The van der Waals surface area contributed by atoms with Crippen LogP contribution in [0.3, 0.4) is 0 Å². The summed E-state index contributed by atoms with van der Waals surface area (Å²) in [5.74, 6) is 0.423. The van der Waals surface area contributed by atoms with Crippen molar-refractivity contribution in [2.24, 2.45) is 0 Å². The molecule has 1 aromatic heterocycles. The highest BCUT2D eigenvalue weighted by Gasteiger charge is 2.18. The van der Waals surface area contributed by atoms with Crippen molar-refractivity contribution in [3.8, 4) is 17.1 Å². The third-order valence-electron chi connectivity index (χ3n) is 4.19. The number of unbranched alkanes of at least 4 members (excludes halogenated alkanes) is 2. The summed E-state index contributed by atoms with van der Waals surface area (Å²) >= 11 is 0. The van der Waals surface area contributed by atoms with Crippen LogP contribution in [-0.2, 0) is 4.79 Å². The lowest BCUT2D eigenvalue weighted by Gasteiger charge is -2.15. The van der Waals surface area contributed by atoms with Gasteiger partial charge in [0.15, 0.2) is 6.10 Å². The largest absolute Gasteiger partial charge is 0.479 e. The number of aliphatic carboxylic acids is 1. The highest BCUT2D eigenvalue weighted by atomic mass is 16.5. The first-order valence-corrected chi connectivity index (χ1v) is 8.66. The lowest BCUT2D eigenvalue weighted by atomic mass is 10.1. The zero-order valence-corrected chi connectivity index (χ0v) is 14.3. The van der Waals surface area contributed by atoms with Crippen molar-refractivity contribution in [1.82, 2.24) is 0 Å². The van der Waals surface area contributed by atoms with Gasteiger partial charge >= 0.3 is 5.97 Å². The minimum absolute atomic E-state index is 0.522. The Balaban J connectivity index is 1.71. The van der Waals surface area contributed by atoms with Crippen molar-refractivity contribution < 1.29 is 19.1 Å². The number of hydrogen-bond acceptors (Lipinski definition) is 3. The Bertz CT molecular complexity index is 799. The number of ether oxygens (including phenoxy) is 1. The van der Waals surface area contributed by atoms with Gasteiger partial charge in [0.1, 0.15) is 17.1 Å². The first-order chi connectivity index (χ1) is 12.2. The maximum Gasteiger partial charge on any atom is 0.344 e. The highest BCUT2D eigenvalue weighted by molar-refractivity contribution is 5.82. The number of rotatable bonds is 8. The summed E-state index contributed by atoms with van der Waals surface area (Å²) < 4.78 is 11.5. The average molecular weight is 338 g/mol. The van der Waals surface area contributed by atoms with Gasteiger partial charge in [-0.05, 0) is 49.2 Å². The molecule has 4 heteroatoms. The summed E-state index contributed by atoms with van der Waals surface area (Å²) in [5, 5.41) is 10.4. The van der Waals surface area contributed by atoms with E-state index in [1.54, 1.807) is 12.1 Å². The van der Waals surface area contributed by atoms with Gasteiger partial charge < -0.3 is 14.3 Å². The molecule has 1 unspecified atom stereocenters. The molecule has 3 aromatic rings. The summed E-state index contributed by atoms with van der Waals surface area (Å²) in [7, 11) is 0. The molecule has 0 bridgehead atoms. The summed E-state index contributed by atoms with van der Waals surface area (Å²) in [6, 6.07) is 17.2. The molecule has 0 saturated carbocycles. The second kappa shape index (κ2) is 7.88. The lowest BCUT2D eigenvalue weighted by Crippen LogP contribution is -2.26. The molecule has 0 aliphatic heterocycles. The summed E-state index contributed by atoms with van der Waals surface area (Å²) in [6.07, 6.45) is 2.64. The van der Waals surface area contributed by atoms with Crippen LogP contribution < -0.4 is 4.74 Å². The summed E-state index contributed by atoms with van der Waals surface area (Å²) in [5.41, 5.74) is 1.78. The Morgan fingerprint density at radius 2 is 1.88 bits per heavy atom. The predicted octanol–water partition coefficient (Wildman–Crippen LogP) is 5.51. The fourth-order valence-electron chi connectivity index (χ4n) is 2.80. The van der Waals surface area contributed by atoms with Crippen molar-refractivity contribution in [3.63, 3.8) is 0 Å². The first kappa shape index (κ1) is 17.1. The van der Waals surface area contributed by atoms with Crippen LogP contribution in [0.15, 0.2) is 59.0 Å². The van der Waals surface area contributed by atoms with E-state index in [0.29, 0.717) is 12.2 Å². The molecule has 2 aromatic carbocycles. The molecule has 3 rings (SSSR count). The van der Waals surface area contributed by atoms with E-state index in [1.807, 2.05) is 42.5 Å². The SMILES string of the molecule is CCCCCC(Oc1ccc(-c2cc3ccccc3o2)cc1)C(=O)O. The van der Waals surface area contributed by atoms with Crippen LogP contribution >= 0.6 is 0 Å². The molecule has 0 fully saturated rings. The Labute approximate surface area is 147 Å². The van der Waals surface area contributed by atoms with E-state index in [1.165, 1.54) is 0 Å². The number of benzene rings is 2. The molecule has 0 aliphatic carbocycles. The highest BCUT2D eigenvalue weighted by Crippen LogP contribution is 2.29. The van der Waals surface area contributed by atoms with Gasteiger partial charge in [-0.3, -0.25) is 0 Å². The van der Waals surface area contributed by atoms with Crippen molar-refractivity contribution in [2.45, 2.75) is 38.7 Å². The third kappa shape index (κ3) is 4.21. The number of carboxylic acids is 1. The zero-order chi connectivity index (χ0) is 17.6. The molecule has 25 heavy (non-hydrogen) atoms. The molecule has 0 saturated heterocycles. The van der Waals surface area contributed by atoms with Gasteiger partial charge in [-0.2, -0.15) is 0 Å². The van der Waals surface area contributed by atoms with Crippen LogP contribution in [0.1, 0.15) is 32.6 Å². The normalized spacial score (nSPS) is 12.2. The zero-order valence-electron chi connectivity index (χ0n) is 14.3. The van der Waals surface area contributed by atoms with E-state index in [-0.39, 0.29) is 0 Å². The van der Waals surface area contributed by atoms with E-state index < -0.39 is 12.1 Å². The van der Waals surface area contributed by atoms with Gasteiger partial charge in [-0.25, -0.2) is 4.79 Å². The van der Waals surface area contributed by atoms with Gasteiger partial charge in [0.05, 0.1) is 0 Å². The molecule has 0 spiro atoms. The molecule has 1 heterocycles. The van der Waals surface area contributed by atoms with Crippen LogP contribution in [0.5, 0.6) is 5.75 Å². The second-order valence-electron chi connectivity index (χ2n) is 6.11. The molecule has 0 aliphatic rings. The van der Waals surface area contributed by atoms with E-state index >= 15 is 0 Å². The standard InChI is InChI=1S/C21H22O4/c1-2-3-4-9-19(21(22)23)24-17-12-10-15(11-13-17)20-14-16-7-5-6-8-18(16)25-20/h5-8,10-14,19H,2-4,9H2,1H3,(H,22,23). The van der Waals surface area contributed by atoms with Crippen LogP contribution in [-0.4, -0.2) is 17.2 Å². The molecular weight excluding hydrogens is 316 g/mol. The van der Waals surface area contributed by atoms with E-state index in [0.717, 1.165) is 41.6 Å². The minimum atomic E-state index is -0.919. The van der Waals surface area contributed by atoms with Gasteiger partial charge in [0.2, 0.25) is 0 Å². The van der Waals surface area contributed by atoms with Gasteiger partial charge in [0.25, 0.3) is 0 Å². The van der Waals surface area contributed by atoms with Crippen molar-refractivity contribution in [3.05, 3.63) is 54.6 Å². The van der Waals surface area contributed by atoms with E-state index in [9.17, 15) is 9.90 Å². The Kier molecular flexibility index (Phi) is 5.39. The number of furan rings is 1. The summed E-state index contributed by atoms with van der Waals surface area (Å²) in [6.45, 7) is 2.09. The number of fused-ring (bicyclic) bond motifs is 1. The smallest absolute Gasteiger partial charge is 0.344 e. The number of hydrogen-bond donors (Lipinski definition) is 1. The average Bonchev–Trinajstić information content (AvgIpc) is 3.05. The molecule has 0 radical (unpaired) electrons.